The van der Waals surface area contributed by atoms with Crippen molar-refractivity contribution < 1.29 is 14.3 Å². The number of ether oxygens (including phenoxy) is 2. The predicted molar refractivity (Wildman–Crippen MR) is 88.4 cm³/mol. The molecule has 116 valence electrons. The van der Waals surface area contributed by atoms with Crippen LogP contribution in [0.4, 0.5) is 0 Å². The monoisotopic (exact) mass is 308 g/mol. The third-order valence-corrected chi connectivity index (χ3v) is 2.70. The number of carbonyl (C=O) groups is 1. The van der Waals surface area contributed by atoms with Gasteiger partial charge in [-0.15, -0.1) is 6.42 Å². The Morgan fingerprint density at radius 3 is 2.70 bits per heavy atom. The van der Waals surface area contributed by atoms with Gasteiger partial charge in [-0.3, -0.25) is 4.79 Å². The van der Waals surface area contributed by atoms with Crippen LogP contribution < -0.4 is 14.9 Å². The van der Waals surface area contributed by atoms with Gasteiger partial charge in [0.1, 0.15) is 18.1 Å². The molecular weight excluding hydrogens is 292 g/mol. The van der Waals surface area contributed by atoms with Gasteiger partial charge < -0.3 is 9.47 Å². The van der Waals surface area contributed by atoms with Gasteiger partial charge >= 0.3 is 0 Å². The molecule has 23 heavy (non-hydrogen) atoms. The van der Waals surface area contributed by atoms with Crippen molar-refractivity contribution >= 4 is 12.1 Å². The number of rotatable bonds is 7. The van der Waals surface area contributed by atoms with Crippen LogP contribution in [-0.4, -0.2) is 25.3 Å². The van der Waals surface area contributed by atoms with Gasteiger partial charge in [-0.1, -0.05) is 36.3 Å². The summed E-state index contributed by atoms with van der Waals surface area (Å²) in [4.78, 5) is 11.6. The van der Waals surface area contributed by atoms with Crippen LogP contribution in [0.5, 0.6) is 11.5 Å². The van der Waals surface area contributed by atoms with Gasteiger partial charge in [0.2, 0.25) is 0 Å². The molecule has 0 saturated carbocycles. The molecule has 2 rings (SSSR count). The molecule has 0 atom stereocenters. The second-order valence-corrected chi connectivity index (χ2v) is 4.46. The second-order valence-electron chi connectivity index (χ2n) is 4.46. The van der Waals surface area contributed by atoms with Crippen LogP contribution in [0.25, 0.3) is 0 Å². The van der Waals surface area contributed by atoms with Crippen molar-refractivity contribution in [2.45, 2.75) is 0 Å². The minimum absolute atomic E-state index is 0.104. The van der Waals surface area contributed by atoms with Gasteiger partial charge in [0, 0.05) is 0 Å². The van der Waals surface area contributed by atoms with Gasteiger partial charge in [0.05, 0.1) is 6.21 Å². The third kappa shape index (κ3) is 5.94. The molecule has 0 radical (unpaired) electrons. The number of terminal acetylenes is 1. The van der Waals surface area contributed by atoms with Crippen molar-refractivity contribution in [2.24, 2.45) is 5.10 Å². The first-order valence-electron chi connectivity index (χ1n) is 6.94. The summed E-state index contributed by atoms with van der Waals surface area (Å²) in [7, 11) is 0. The summed E-state index contributed by atoms with van der Waals surface area (Å²) < 4.78 is 10.6. The standard InChI is InChI=1S/C18H16N2O3/c1-2-11-22-17-10-6-7-15(12-17)13-19-20-18(21)14-23-16-8-4-3-5-9-16/h1,3-10,12-13H,11,14H2,(H,20,21)/b19-13-. The number of para-hydroxylation sites is 1. The molecule has 2 aromatic carbocycles. The Balaban J connectivity index is 1.79. The number of amides is 1. The molecule has 0 aliphatic rings. The van der Waals surface area contributed by atoms with Crippen LogP contribution in [0, 0.1) is 12.3 Å². The smallest absolute Gasteiger partial charge is 0.277 e. The second kappa shape index (κ2) is 8.90. The molecule has 1 N–H and O–H groups in total. The molecule has 0 heterocycles. The molecule has 0 aliphatic heterocycles. The van der Waals surface area contributed by atoms with Gasteiger partial charge in [-0.2, -0.15) is 5.10 Å². The van der Waals surface area contributed by atoms with E-state index in [0.717, 1.165) is 5.56 Å². The van der Waals surface area contributed by atoms with Crippen LogP contribution in [0.2, 0.25) is 0 Å². The van der Waals surface area contributed by atoms with E-state index in [2.05, 4.69) is 16.4 Å². The molecule has 2 aromatic rings. The molecule has 5 nitrogen and oxygen atoms in total. The van der Waals surface area contributed by atoms with E-state index in [1.165, 1.54) is 6.21 Å². The van der Waals surface area contributed by atoms with Crippen molar-refractivity contribution in [1.29, 1.82) is 0 Å². The predicted octanol–water partition coefficient (Wildman–Crippen LogP) is 2.23. The van der Waals surface area contributed by atoms with E-state index in [0.29, 0.717) is 11.5 Å². The first kappa shape index (κ1) is 16.1. The molecule has 0 fully saturated rings. The quantitative estimate of drug-likeness (QED) is 0.485. The number of hydrogen-bond donors (Lipinski definition) is 1. The van der Waals surface area contributed by atoms with Crippen LogP contribution >= 0.6 is 0 Å². The topological polar surface area (TPSA) is 59.9 Å². The molecular formula is C18H16N2O3. The summed E-state index contributed by atoms with van der Waals surface area (Å²) in [5.74, 6) is 3.33. The van der Waals surface area contributed by atoms with E-state index < -0.39 is 0 Å². The first-order chi connectivity index (χ1) is 11.3. The van der Waals surface area contributed by atoms with Crippen LogP contribution in [0.3, 0.4) is 0 Å². The van der Waals surface area contributed by atoms with Crippen LogP contribution in [-0.2, 0) is 4.79 Å². The van der Waals surface area contributed by atoms with Gasteiger partial charge in [0.15, 0.2) is 6.61 Å². The van der Waals surface area contributed by atoms with Gasteiger partial charge in [0.25, 0.3) is 5.91 Å². The number of hydrogen-bond acceptors (Lipinski definition) is 4. The Morgan fingerprint density at radius 1 is 1.13 bits per heavy atom. The minimum Gasteiger partial charge on any atom is -0.484 e. The Labute approximate surface area is 134 Å². The Bertz CT molecular complexity index is 706. The van der Waals surface area contributed by atoms with E-state index >= 15 is 0 Å². The summed E-state index contributed by atoms with van der Waals surface area (Å²) in [5.41, 5.74) is 3.18. The lowest BCUT2D eigenvalue weighted by molar-refractivity contribution is -0.123. The van der Waals surface area contributed by atoms with E-state index in [9.17, 15) is 4.79 Å². The molecule has 0 saturated heterocycles. The Hall–Kier alpha value is -3.26. The van der Waals surface area contributed by atoms with E-state index in [4.69, 9.17) is 15.9 Å². The number of nitrogens with one attached hydrogen (secondary N) is 1. The van der Waals surface area contributed by atoms with Gasteiger partial charge in [-0.05, 0) is 29.8 Å². The molecule has 0 bridgehead atoms. The van der Waals surface area contributed by atoms with E-state index in [1.807, 2.05) is 30.3 Å². The number of benzene rings is 2. The number of nitrogens with zero attached hydrogens (tertiary/aromatic N) is 1. The lowest BCUT2D eigenvalue weighted by atomic mass is 10.2. The molecule has 0 unspecified atom stereocenters. The lowest BCUT2D eigenvalue weighted by Crippen LogP contribution is -2.24. The maximum Gasteiger partial charge on any atom is 0.277 e. The fraction of sp³-hybridized carbons (Fsp3) is 0.111. The first-order valence-corrected chi connectivity index (χ1v) is 6.94. The minimum atomic E-state index is -0.343. The highest BCUT2D eigenvalue weighted by molar-refractivity contribution is 5.83. The highest BCUT2D eigenvalue weighted by Gasteiger charge is 2.00. The summed E-state index contributed by atoms with van der Waals surface area (Å²) in [6, 6.07) is 16.3. The SMILES string of the molecule is C#CCOc1cccc(/C=N\NC(=O)COc2ccccc2)c1. The maximum atomic E-state index is 11.6. The highest BCUT2D eigenvalue weighted by atomic mass is 16.5. The maximum absolute atomic E-state index is 11.6. The summed E-state index contributed by atoms with van der Waals surface area (Å²) in [6.07, 6.45) is 6.65. The van der Waals surface area contributed by atoms with E-state index in [1.54, 1.807) is 24.3 Å². The highest BCUT2D eigenvalue weighted by Crippen LogP contribution is 2.11. The summed E-state index contributed by atoms with van der Waals surface area (Å²) in [6.45, 7) is 0.0980. The normalized spacial score (nSPS) is 10.0. The third-order valence-electron chi connectivity index (χ3n) is 2.70. The van der Waals surface area contributed by atoms with Crippen molar-refractivity contribution in [3.63, 3.8) is 0 Å². The summed E-state index contributed by atoms with van der Waals surface area (Å²) in [5, 5.41) is 3.87. The molecule has 0 spiro atoms. The van der Waals surface area contributed by atoms with Crippen LogP contribution in [0.1, 0.15) is 5.56 Å². The zero-order chi connectivity index (χ0) is 16.3. The van der Waals surface area contributed by atoms with Crippen molar-refractivity contribution in [1.82, 2.24) is 5.43 Å². The molecule has 0 aromatic heterocycles. The zero-order valence-corrected chi connectivity index (χ0v) is 12.4. The zero-order valence-electron chi connectivity index (χ0n) is 12.4. The van der Waals surface area contributed by atoms with E-state index in [-0.39, 0.29) is 19.1 Å². The number of hydrazone groups is 1. The number of carbonyl (C=O) groups excluding carboxylic acids is 1. The fourth-order valence-corrected chi connectivity index (χ4v) is 1.69. The lowest BCUT2D eigenvalue weighted by Gasteiger charge is -2.04. The fourth-order valence-electron chi connectivity index (χ4n) is 1.69. The molecule has 0 aliphatic carbocycles. The Kier molecular flexibility index (Phi) is 6.24. The summed E-state index contributed by atoms with van der Waals surface area (Å²) >= 11 is 0. The average molecular weight is 308 g/mol. The van der Waals surface area contributed by atoms with Gasteiger partial charge in [-0.25, -0.2) is 5.43 Å². The molecule has 5 heteroatoms. The van der Waals surface area contributed by atoms with Crippen molar-refractivity contribution in [3.8, 4) is 23.8 Å². The largest absolute Gasteiger partial charge is 0.484 e. The molecule has 1 amide bonds. The Morgan fingerprint density at radius 2 is 1.91 bits per heavy atom. The van der Waals surface area contributed by atoms with Crippen molar-refractivity contribution in [2.75, 3.05) is 13.2 Å². The van der Waals surface area contributed by atoms with Crippen molar-refractivity contribution in [3.05, 3.63) is 60.2 Å². The van der Waals surface area contributed by atoms with Crippen LogP contribution in [0.15, 0.2) is 59.7 Å². The average Bonchev–Trinajstić information content (AvgIpc) is 2.59.